The van der Waals surface area contributed by atoms with Crippen LogP contribution in [0.2, 0.25) is 0 Å². The topological polar surface area (TPSA) is 117 Å². The minimum absolute atomic E-state index is 0.216. The van der Waals surface area contributed by atoms with Crippen LogP contribution in [-0.4, -0.2) is 51.8 Å². The number of ether oxygens (including phenoxy) is 3. The molecule has 0 aliphatic rings. The second kappa shape index (κ2) is 12.9. The van der Waals surface area contributed by atoms with E-state index in [0.29, 0.717) is 10.7 Å². The predicted octanol–water partition coefficient (Wildman–Crippen LogP) is 5.16. The van der Waals surface area contributed by atoms with Crippen LogP contribution >= 0.6 is 0 Å². The van der Waals surface area contributed by atoms with Gasteiger partial charge in [0.25, 0.3) is 11.5 Å². The van der Waals surface area contributed by atoms with Crippen molar-refractivity contribution in [3.63, 3.8) is 0 Å². The predicted molar refractivity (Wildman–Crippen MR) is 144 cm³/mol. The lowest BCUT2D eigenvalue weighted by Gasteiger charge is -2.17. The number of pyridine rings is 1. The number of carbonyl (C=O) groups excluding carboxylic acids is 1. The molecule has 2 aromatic carbocycles. The Morgan fingerprint density at radius 1 is 1.04 bits per heavy atom. The van der Waals surface area contributed by atoms with Gasteiger partial charge in [0.2, 0.25) is 0 Å². The summed E-state index contributed by atoms with van der Waals surface area (Å²) in [7, 11) is 2.20. The fourth-order valence-corrected chi connectivity index (χ4v) is 4.18. The number of aliphatic hydroxyl groups excluding tert-OH is 1. The Balaban J connectivity index is 1.97. The number of halogens is 7. The molecule has 2 aromatic heterocycles. The standard InChI is InChI=1S/C28H23F7N4O6/c1-13(40)12-44-19-8-9-20(28(33,34)35)36-24(19)39-26(42)22(37-25(41)14-4-6-15(7-5-14)45-27(31)32)23(38(39)2)21-17(29)10-16(43-3)11-18(21)30/h4-11,13,27,40H,12H2,1-3H3,(H,37,41). The number of nitrogens with one attached hydrogen (secondary N) is 1. The van der Waals surface area contributed by atoms with Crippen molar-refractivity contribution in [3.8, 4) is 34.3 Å². The molecule has 0 spiro atoms. The highest BCUT2D eigenvalue weighted by Gasteiger charge is 2.35. The van der Waals surface area contributed by atoms with Gasteiger partial charge in [-0.15, -0.1) is 0 Å². The quantitative estimate of drug-likeness (QED) is 0.229. The van der Waals surface area contributed by atoms with E-state index in [1.54, 1.807) is 0 Å². The average Bonchev–Trinajstić information content (AvgIpc) is 3.19. The summed E-state index contributed by atoms with van der Waals surface area (Å²) in [5, 5.41) is 11.9. The first-order valence-electron chi connectivity index (χ1n) is 12.7. The second-order valence-electron chi connectivity index (χ2n) is 9.36. The monoisotopic (exact) mass is 644 g/mol. The van der Waals surface area contributed by atoms with Gasteiger partial charge in [0, 0.05) is 24.7 Å². The first-order chi connectivity index (χ1) is 21.1. The molecule has 10 nitrogen and oxygen atoms in total. The van der Waals surface area contributed by atoms with Crippen molar-refractivity contribution >= 4 is 11.6 Å². The molecule has 1 unspecified atom stereocenters. The number of hydrogen-bond donors (Lipinski definition) is 2. The zero-order valence-corrected chi connectivity index (χ0v) is 23.5. The Bertz CT molecular complexity index is 1750. The Morgan fingerprint density at radius 2 is 1.67 bits per heavy atom. The lowest BCUT2D eigenvalue weighted by molar-refractivity contribution is -0.141. The number of methoxy groups -OCH3 is 1. The fourth-order valence-electron chi connectivity index (χ4n) is 4.18. The van der Waals surface area contributed by atoms with Crippen molar-refractivity contribution in [3.05, 3.63) is 81.8 Å². The molecule has 0 aliphatic heterocycles. The minimum atomic E-state index is -5.00. The van der Waals surface area contributed by atoms with Crippen LogP contribution in [0, 0.1) is 11.6 Å². The first kappa shape index (κ1) is 32.8. The Morgan fingerprint density at radius 3 is 2.20 bits per heavy atom. The third kappa shape index (κ3) is 7.03. The smallest absolute Gasteiger partial charge is 0.433 e. The molecule has 240 valence electrons. The van der Waals surface area contributed by atoms with Gasteiger partial charge in [-0.2, -0.15) is 26.6 Å². The van der Waals surface area contributed by atoms with Crippen LogP contribution in [0.5, 0.6) is 17.2 Å². The van der Waals surface area contributed by atoms with E-state index < -0.39 is 82.8 Å². The van der Waals surface area contributed by atoms with E-state index in [1.807, 2.05) is 0 Å². The largest absolute Gasteiger partial charge is 0.497 e. The number of hydrogen-bond acceptors (Lipinski definition) is 7. The third-order valence-electron chi connectivity index (χ3n) is 6.15. The molecule has 2 heterocycles. The maximum absolute atomic E-state index is 15.4. The van der Waals surface area contributed by atoms with Crippen molar-refractivity contribution < 1.29 is 54.8 Å². The van der Waals surface area contributed by atoms with Crippen LogP contribution in [0.3, 0.4) is 0 Å². The molecule has 1 amide bonds. The SMILES string of the molecule is COc1cc(F)c(-c2c(NC(=O)c3ccc(OC(F)F)cc3)c(=O)n(-c3nc(C(F)(F)F)ccc3OCC(C)O)n2C)c(F)c1. The molecule has 4 rings (SSSR count). The number of amides is 1. The number of benzene rings is 2. The summed E-state index contributed by atoms with van der Waals surface area (Å²) in [4.78, 5) is 30.5. The maximum Gasteiger partial charge on any atom is 0.433 e. The van der Waals surface area contributed by atoms with E-state index in [4.69, 9.17) is 9.47 Å². The van der Waals surface area contributed by atoms with Crippen molar-refractivity contribution in [2.75, 3.05) is 19.0 Å². The molecule has 45 heavy (non-hydrogen) atoms. The van der Waals surface area contributed by atoms with Gasteiger partial charge in [-0.3, -0.25) is 14.3 Å². The van der Waals surface area contributed by atoms with Crippen LogP contribution in [0.1, 0.15) is 23.0 Å². The molecular formula is C28H23F7N4O6. The molecule has 1 atom stereocenters. The first-order valence-corrected chi connectivity index (χ1v) is 12.7. The molecule has 17 heteroatoms. The Hall–Kier alpha value is -5.06. The minimum Gasteiger partial charge on any atom is -0.497 e. The molecular weight excluding hydrogens is 621 g/mol. The van der Waals surface area contributed by atoms with Gasteiger partial charge in [-0.05, 0) is 43.3 Å². The van der Waals surface area contributed by atoms with Crippen LogP contribution in [-0.2, 0) is 13.2 Å². The Kier molecular flexibility index (Phi) is 9.41. The summed E-state index contributed by atoms with van der Waals surface area (Å²) in [6.07, 6.45) is -6.10. The summed E-state index contributed by atoms with van der Waals surface area (Å²) in [6.45, 7) is -2.27. The maximum atomic E-state index is 15.4. The molecule has 0 radical (unpaired) electrons. The van der Waals surface area contributed by atoms with Crippen molar-refractivity contribution in [2.24, 2.45) is 7.05 Å². The van der Waals surface area contributed by atoms with Gasteiger partial charge in [0.05, 0.1) is 18.8 Å². The zero-order chi connectivity index (χ0) is 33.2. The molecule has 0 saturated carbocycles. The van der Waals surface area contributed by atoms with Gasteiger partial charge >= 0.3 is 12.8 Å². The highest BCUT2D eigenvalue weighted by molar-refractivity contribution is 6.06. The van der Waals surface area contributed by atoms with E-state index in [-0.39, 0.29) is 17.1 Å². The molecule has 0 fully saturated rings. The van der Waals surface area contributed by atoms with Gasteiger partial charge in [0.1, 0.15) is 46.8 Å². The molecule has 4 aromatic rings. The lowest BCUT2D eigenvalue weighted by atomic mass is 10.1. The van der Waals surface area contributed by atoms with Crippen molar-refractivity contribution in [1.82, 2.24) is 14.3 Å². The highest BCUT2D eigenvalue weighted by Crippen LogP contribution is 2.36. The van der Waals surface area contributed by atoms with Gasteiger partial charge < -0.3 is 24.6 Å². The van der Waals surface area contributed by atoms with Crippen molar-refractivity contribution in [1.29, 1.82) is 0 Å². The van der Waals surface area contributed by atoms with Crippen LogP contribution in [0.4, 0.5) is 36.4 Å². The zero-order valence-electron chi connectivity index (χ0n) is 23.5. The number of anilines is 1. The van der Waals surface area contributed by atoms with E-state index in [0.717, 1.165) is 61.3 Å². The van der Waals surface area contributed by atoms with E-state index in [9.17, 15) is 36.6 Å². The Labute approximate surface area is 249 Å². The number of rotatable bonds is 10. The number of aliphatic hydroxyl groups is 1. The van der Waals surface area contributed by atoms with E-state index in [2.05, 4.69) is 15.0 Å². The molecule has 2 N–H and O–H groups in total. The van der Waals surface area contributed by atoms with Crippen LogP contribution < -0.4 is 25.1 Å². The third-order valence-corrected chi connectivity index (χ3v) is 6.15. The summed E-state index contributed by atoms with van der Waals surface area (Å²) >= 11 is 0. The highest BCUT2D eigenvalue weighted by atomic mass is 19.4. The fraction of sp³-hybridized carbons (Fsp3) is 0.250. The lowest BCUT2D eigenvalue weighted by Crippen LogP contribution is -2.26. The second-order valence-corrected chi connectivity index (χ2v) is 9.36. The summed E-state index contributed by atoms with van der Waals surface area (Å²) < 4.78 is 112. The number of alkyl halides is 5. The number of carbonyl (C=O) groups is 1. The number of aromatic nitrogens is 3. The molecule has 0 aliphatic carbocycles. The molecule has 0 saturated heterocycles. The summed E-state index contributed by atoms with van der Waals surface area (Å²) in [5.41, 5.74) is -5.27. The van der Waals surface area contributed by atoms with E-state index >= 15 is 8.78 Å². The average molecular weight is 644 g/mol. The van der Waals surface area contributed by atoms with Crippen LogP contribution in [0.15, 0.2) is 53.3 Å². The molecule has 0 bridgehead atoms. The van der Waals surface area contributed by atoms with E-state index in [1.165, 1.54) is 6.92 Å². The number of nitrogens with zero attached hydrogens (tertiary/aromatic N) is 3. The summed E-state index contributed by atoms with van der Waals surface area (Å²) in [6, 6.07) is 7.09. The summed E-state index contributed by atoms with van der Waals surface area (Å²) in [5.74, 6) is -5.37. The van der Waals surface area contributed by atoms with Gasteiger partial charge in [-0.1, -0.05) is 0 Å². The van der Waals surface area contributed by atoms with Gasteiger partial charge in [0.15, 0.2) is 11.6 Å². The van der Waals surface area contributed by atoms with Crippen LogP contribution in [0.25, 0.3) is 17.1 Å². The van der Waals surface area contributed by atoms with Gasteiger partial charge in [-0.25, -0.2) is 13.8 Å². The van der Waals surface area contributed by atoms with Crippen molar-refractivity contribution in [2.45, 2.75) is 25.8 Å². The normalized spacial score (nSPS) is 12.3.